The molecule has 0 spiro atoms. The molecule has 6 heteroatoms. The molecular weight excluding hydrogens is 269 g/mol. The Morgan fingerprint density at radius 1 is 1.05 bits per heavy atom. The largest absolute Gasteiger partial charge is 0.455 e. The quantitative estimate of drug-likeness (QED) is 0.846. The average molecular weight is 278 g/mol. The van der Waals surface area contributed by atoms with E-state index in [1.807, 2.05) is 6.07 Å². The molecule has 2 aromatic carbocycles. The number of halogens is 3. The van der Waals surface area contributed by atoms with Gasteiger partial charge in [0, 0.05) is 0 Å². The van der Waals surface area contributed by atoms with Crippen LogP contribution in [0.3, 0.4) is 0 Å². The molecule has 0 amide bonds. The van der Waals surface area contributed by atoms with Crippen molar-refractivity contribution in [2.75, 3.05) is 5.73 Å². The van der Waals surface area contributed by atoms with Crippen molar-refractivity contribution in [3.63, 3.8) is 0 Å². The van der Waals surface area contributed by atoms with Gasteiger partial charge in [-0.25, -0.2) is 0 Å². The van der Waals surface area contributed by atoms with Gasteiger partial charge in [-0.05, 0) is 42.5 Å². The number of hydrogen-bond acceptors (Lipinski definition) is 3. The number of alkyl halides is 3. The summed E-state index contributed by atoms with van der Waals surface area (Å²) in [6.45, 7) is 0. The van der Waals surface area contributed by atoms with Gasteiger partial charge >= 0.3 is 6.18 Å². The van der Waals surface area contributed by atoms with Crippen LogP contribution in [0.4, 0.5) is 18.9 Å². The minimum absolute atomic E-state index is 0.107. The van der Waals surface area contributed by atoms with Crippen molar-refractivity contribution in [3.8, 4) is 17.6 Å². The molecule has 2 aromatic rings. The van der Waals surface area contributed by atoms with Gasteiger partial charge in [-0.2, -0.15) is 18.4 Å². The minimum Gasteiger partial charge on any atom is -0.455 e. The fraction of sp³-hybridized carbons (Fsp3) is 0.0714. The lowest BCUT2D eigenvalue weighted by Gasteiger charge is -2.11. The summed E-state index contributed by atoms with van der Waals surface area (Å²) >= 11 is 0. The number of nitriles is 1. The monoisotopic (exact) mass is 278 g/mol. The van der Waals surface area contributed by atoms with Crippen LogP contribution in [0.25, 0.3) is 0 Å². The number of hydrogen-bond donors (Lipinski definition) is 1. The Bertz CT molecular complexity index is 658. The highest BCUT2D eigenvalue weighted by molar-refractivity contribution is 5.56. The van der Waals surface area contributed by atoms with E-state index in [0.29, 0.717) is 11.3 Å². The van der Waals surface area contributed by atoms with Gasteiger partial charge in [0.05, 0.1) is 22.9 Å². The topological polar surface area (TPSA) is 59.0 Å². The Kier molecular flexibility index (Phi) is 3.53. The molecule has 0 aliphatic heterocycles. The molecule has 0 atom stereocenters. The van der Waals surface area contributed by atoms with Gasteiger partial charge in [-0.1, -0.05) is 0 Å². The normalized spacial score (nSPS) is 10.9. The van der Waals surface area contributed by atoms with Gasteiger partial charge in [0.15, 0.2) is 0 Å². The van der Waals surface area contributed by atoms with Gasteiger partial charge in [0.2, 0.25) is 0 Å². The maximum Gasteiger partial charge on any atom is 0.416 e. The Labute approximate surface area is 113 Å². The summed E-state index contributed by atoms with van der Waals surface area (Å²) in [4.78, 5) is 0. The smallest absolute Gasteiger partial charge is 0.416 e. The Balaban J connectivity index is 2.23. The Morgan fingerprint density at radius 2 is 1.70 bits per heavy atom. The summed E-state index contributed by atoms with van der Waals surface area (Å²) in [7, 11) is 0. The zero-order chi connectivity index (χ0) is 14.8. The Hall–Kier alpha value is -2.68. The van der Waals surface area contributed by atoms with Crippen LogP contribution < -0.4 is 10.5 Å². The number of nitrogens with two attached hydrogens (primary N) is 1. The molecule has 2 rings (SSSR count). The van der Waals surface area contributed by atoms with E-state index in [1.54, 1.807) is 0 Å². The van der Waals surface area contributed by atoms with Gasteiger partial charge in [0.1, 0.15) is 11.5 Å². The van der Waals surface area contributed by atoms with E-state index >= 15 is 0 Å². The number of anilines is 1. The van der Waals surface area contributed by atoms with Crippen molar-refractivity contribution in [1.29, 1.82) is 5.26 Å². The predicted molar refractivity (Wildman–Crippen MR) is 67.1 cm³/mol. The van der Waals surface area contributed by atoms with Crippen LogP contribution in [0.2, 0.25) is 0 Å². The molecule has 0 unspecified atom stereocenters. The minimum atomic E-state index is -4.44. The lowest BCUT2D eigenvalue weighted by atomic mass is 10.2. The van der Waals surface area contributed by atoms with Crippen LogP contribution in [0, 0.1) is 11.3 Å². The molecule has 0 bridgehead atoms. The molecule has 0 saturated heterocycles. The van der Waals surface area contributed by atoms with Crippen LogP contribution in [0.1, 0.15) is 11.1 Å². The molecule has 0 heterocycles. The van der Waals surface area contributed by atoms with Gasteiger partial charge in [-0.15, -0.1) is 0 Å². The molecule has 20 heavy (non-hydrogen) atoms. The fourth-order valence-corrected chi connectivity index (χ4v) is 1.54. The third kappa shape index (κ3) is 3.01. The van der Waals surface area contributed by atoms with Gasteiger partial charge < -0.3 is 10.5 Å². The second-order valence-corrected chi connectivity index (χ2v) is 3.99. The standard InChI is InChI=1S/C14H9F3N2O/c15-14(16,17)10-3-6-13(12(19)7-10)20-11-4-1-9(8-18)2-5-11/h1-7H,19H2. The number of ether oxygens (including phenoxy) is 1. The van der Waals surface area contributed by atoms with Gasteiger partial charge in [-0.3, -0.25) is 0 Å². The van der Waals surface area contributed by atoms with Crippen molar-refractivity contribution in [1.82, 2.24) is 0 Å². The van der Waals surface area contributed by atoms with Crippen LogP contribution in [0.5, 0.6) is 11.5 Å². The molecule has 0 saturated carbocycles. The fourth-order valence-electron chi connectivity index (χ4n) is 1.54. The molecule has 0 fully saturated rings. The summed E-state index contributed by atoms with van der Waals surface area (Å²) in [6.07, 6.45) is -4.44. The Morgan fingerprint density at radius 3 is 2.20 bits per heavy atom. The zero-order valence-corrected chi connectivity index (χ0v) is 10.1. The van der Waals surface area contributed by atoms with Crippen LogP contribution >= 0.6 is 0 Å². The highest BCUT2D eigenvalue weighted by atomic mass is 19.4. The first-order valence-electron chi connectivity index (χ1n) is 5.55. The number of benzene rings is 2. The van der Waals surface area contributed by atoms with E-state index in [4.69, 9.17) is 15.7 Å². The second-order valence-electron chi connectivity index (χ2n) is 3.99. The van der Waals surface area contributed by atoms with E-state index in [2.05, 4.69) is 0 Å². The lowest BCUT2D eigenvalue weighted by molar-refractivity contribution is -0.137. The molecule has 2 N–H and O–H groups in total. The molecule has 0 aromatic heterocycles. The first kappa shape index (κ1) is 13.7. The maximum atomic E-state index is 12.5. The predicted octanol–water partition coefficient (Wildman–Crippen LogP) is 3.95. The van der Waals surface area contributed by atoms with E-state index in [1.165, 1.54) is 24.3 Å². The summed E-state index contributed by atoms with van der Waals surface area (Å²) < 4.78 is 42.8. The van der Waals surface area contributed by atoms with Crippen LogP contribution in [-0.2, 0) is 6.18 Å². The first-order chi connectivity index (χ1) is 9.40. The summed E-state index contributed by atoms with van der Waals surface area (Å²) in [5.41, 5.74) is 5.06. The van der Waals surface area contributed by atoms with Crippen molar-refractivity contribution in [3.05, 3.63) is 53.6 Å². The third-order valence-corrected chi connectivity index (χ3v) is 2.55. The van der Waals surface area contributed by atoms with Crippen LogP contribution in [-0.4, -0.2) is 0 Å². The second kappa shape index (κ2) is 5.13. The van der Waals surface area contributed by atoms with E-state index in [-0.39, 0.29) is 11.4 Å². The third-order valence-electron chi connectivity index (χ3n) is 2.55. The van der Waals surface area contributed by atoms with E-state index in [9.17, 15) is 13.2 Å². The van der Waals surface area contributed by atoms with Crippen molar-refractivity contribution >= 4 is 5.69 Å². The van der Waals surface area contributed by atoms with Gasteiger partial charge in [0.25, 0.3) is 0 Å². The molecule has 3 nitrogen and oxygen atoms in total. The number of nitrogen functional groups attached to an aromatic ring is 1. The molecule has 0 aliphatic rings. The zero-order valence-electron chi connectivity index (χ0n) is 10.1. The molecule has 0 aliphatic carbocycles. The molecule has 0 radical (unpaired) electrons. The van der Waals surface area contributed by atoms with E-state index < -0.39 is 11.7 Å². The van der Waals surface area contributed by atoms with E-state index in [0.717, 1.165) is 18.2 Å². The van der Waals surface area contributed by atoms with Crippen molar-refractivity contribution in [2.45, 2.75) is 6.18 Å². The maximum absolute atomic E-state index is 12.5. The summed E-state index contributed by atoms with van der Waals surface area (Å²) in [5, 5.41) is 8.65. The number of nitrogens with zero attached hydrogens (tertiary/aromatic N) is 1. The van der Waals surface area contributed by atoms with Crippen molar-refractivity contribution in [2.24, 2.45) is 0 Å². The van der Waals surface area contributed by atoms with Crippen molar-refractivity contribution < 1.29 is 17.9 Å². The highest BCUT2D eigenvalue weighted by Crippen LogP contribution is 2.35. The van der Waals surface area contributed by atoms with Crippen LogP contribution in [0.15, 0.2) is 42.5 Å². The SMILES string of the molecule is N#Cc1ccc(Oc2ccc(C(F)(F)F)cc2N)cc1. The average Bonchev–Trinajstić information content (AvgIpc) is 2.41. The number of rotatable bonds is 2. The summed E-state index contributed by atoms with van der Waals surface area (Å²) in [5.74, 6) is 0.512. The highest BCUT2D eigenvalue weighted by Gasteiger charge is 2.30. The first-order valence-corrected chi connectivity index (χ1v) is 5.55. The molecular formula is C14H9F3N2O. The molecule has 102 valence electrons. The lowest BCUT2D eigenvalue weighted by Crippen LogP contribution is -2.05. The summed E-state index contributed by atoms with van der Waals surface area (Å²) in [6, 6.07) is 11.0.